The molecule has 4 N–H and O–H groups in total. The number of alkyl halides is 1. The largest absolute Gasteiger partial charge is 0.384 e. The first-order chi connectivity index (χ1) is 21.3. The Morgan fingerprint density at radius 2 is 2.07 bits per heavy atom. The zero-order chi connectivity index (χ0) is 30.8. The Morgan fingerprint density at radius 3 is 2.89 bits per heavy atom. The number of nitrogens with zero attached hydrogens (tertiary/aromatic N) is 5. The van der Waals surface area contributed by atoms with Gasteiger partial charge in [-0.25, -0.2) is 14.4 Å². The number of halogens is 1. The first kappa shape index (κ1) is 29.4. The zero-order valence-electron chi connectivity index (χ0n) is 24.0. The van der Waals surface area contributed by atoms with Gasteiger partial charge in [-0.15, -0.1) is 0 Å². The summed E-state index contributed by atoms with van der Waals surface area (Å²) in [5, 5.41) is 6.10. The quantitative estimate of drug-likeness (QED) is 0.379. The fourth-order valence-corrected chi connectivity index (χ4v) is 6.46. The standard InChI is InChI=1S/C31H31FN8O3S/c1-17-7-8-18-12-26(33)36-15-20(18)11-19(17)14-38-28(41)24-13-21(32)27-37-16-23(31(43)40(24)27)39-29(42)25-6-4-10-35-30(44-25)22-5-2-3-9-34-22/h2-3,5-6,9,11-12,15-17,21,24H,4,7-8,10,13-14H2,1H3,(H2,33,36)(H,38,41)(H,39,42)/t17?,21?,24-/m0/s1. The van der Waals surface area contributed by atoms with Crippen molar-refractivity contribution in [3.63, 3.8) is 0 Å². The van der Waals surface area contributed by atoms with Gasteiger partial charge in [-0.05, 0) is 60.1 Å². The third kappa shape index (κ3) is 6.05. The van der Waals surface area contributed by atoms with E-state index in [1.807, 2.05) is 18.2 Å². The van der Waals surface area contributed by atoms with Crippen molar-refractivity contribution in [2.24, 2.45) is 10.9 Å². The second kappa shape index (κ2) is 12.5. The number of rotatable bonds is 6. The van der Waals surface area contributed by atoms with Gasteiger partial charge in [-0.2, -0.15) is 0 Å². The molecule has 0 aromatic carbocycles. The second-order valence-electron chi connectivity index (χ2n) is 10.9. The summed E-state index contributed by atoms with van der Waals surface area (Å²) in [4.78, 5) is 57.7. The maximum atomic E-state index is 15.0. The van der Waals surface area contributed by atoms with Crippen LogP contribution in [-0.2, 0) is 16.0 Å². The van der Waals surface area contributed by atoms with Crippen LogP contribution in [0.1, 0.15) is 61.0 Å². The molecule has 0 saturated heterocycles. The number of thioether (sulfide) groups is 1. The molecule has 3 aromatic heterocycles. The van der Waals surface area contributed by atoms with Crippen LogP contribution < -0.4 is 21.9 Å². The molecule has 226 valence electrons. The smallest absolute Gasteiger partial charge is 0.278 e. The number of carbonyl (C=O) groups is 2. The summed E-state index contributed by atoms with van der Waals surface area (Å²) in [7, 11) is 0. The molecule has 1 aliphatic carbocycles. The summed E-state index contributed by atoms with van der Waals surface area (Å²) in [6.45, 7) is 2.80. The molecule has 2 aliphatic heterocycles. The zero-order valence-corrected chi connectivity index (χ0v) is 24.8. The predicted molar refractivity (Wildman–Crippen MR) is 168 cm³/mol. The van der Waals surface area contributed by atoms with Crippen molar-refractivity contribution in [1.29, 1.82) is 0 Å². The molecule has 0 spiro atoms. The van der Waals surface area contributed by atoms with Crippen molar-refractivity contribution in [1.82, 2.24) is 24.8 Å². The third-order valence-corrected chi connectivity index (χ3v) is 9.06. The number of hydrogen-bond acceptors (Lipinski definition) is 9. The van der Waals surface area contributed by atoms with Crippen LogP contribution >= 0.6 is 11.8 Å². The van der Waals surface area contributed by atoms with Crippen molar-refractivity contribution < 1.29 is 14.0 Å². The van der Waals surface area contributed by atoms with Gasteiger partial charge in [0.2, 0.25) is 5.91 Å². The Kier molecular flexibility index (Phi) is 8.38. The van der Waals surface area contributed by atoms with E-state index in [9.17, 15) is 14.4 Å². The first-order valence-electron chi connectivity index (χ1n) is 14.4. The van der Waals surface area contributed by atoms with Crippen molar-refractivity contribution in [3.8, 4) is 0 Å². The lowest BCUT2D eigenvalue weighted by molar-refractivity contribution is -0.124. The molecular weight excluding hydrogens is 583 g/mol. The predicted octanol–water partition coefficient (Wildman–Crippen LogP) is 3.76. The number of nitrogen functional groups attached to an aromatic ring is 1. The molecular formula is C31H31FN8O3S. The SMILES string of the molecule is CC1CCc2cc(N)ncc2C=C1CNC(=O)[C@@H]1CC(F)c2ncc(NC(=O)C3=CCCN=C(c4ccccn4)S3)c(=O)n21. The van der Waals surface area contributed by atoms with E-state index >= 15 is 4.39 Å². The van der Waals surface area contributed by atoms with E-state index in [0.717, 1.165) is 52.1 Å². The summed E-state index contributed by atoms with van der Waals surface area (Å²) in [6.07, 6.45) is 8.68. The molecule has 3 aliphatic rings. The molecule has 13 heteroatoms. The van der Waals surface area contributed by atoms with Crippen LogP contribution in [0.5, 0.6) is 0 Å². The summed E-state index contributed by atoms with van der Waals surface area (Å²) < 4.78 is 16.1. The van der Waals surface area contributed by atoms with E-state index in [0.29, 0.717) is 34.4 Å². The van der Waals surface area contributed by atoms with Gasteiger partial charge in [0, 0.05) is 31.9 Å². The molecule has 44 heavy (non-hydrogen) atoms. The van der Waals surface area contributed by atoms with E-state index in [2.05, 4.69) is 37.5 Å². The monoisotopic (exact) mass is 614 g/mol. The molecule has 6 rings (SSSR count). The molecule has 5 heterocycles. The molecule has 2 unspecified atom stereocenters. The van der Waals surface area contributed by atoms with Crippen LogP contribution in [0.3, 0.4) is 0 Å². The second-order valence-corrected chi connectivity index (χ2v) is 12.0. The molecule has 0 radical (unpaired) electrons. The number of nitrogens with two attached hydrogens (primary N) is 1. The van der Waals surface area contributed by atoms with Crippen LogP contribution in [0.25, 0.3) is 6.08 Å². The van der Waals surface area contributed by atoms with Gasteiger partial charge in [0.1, 0.15) is 28.4 Å². The van der Waals surface area contributed by atoms with E-state index in [-0.39, 0.29) is 30.4 Å². The minimum atomic E-state index is -1.60. The average molecular weight is 615 g/mol. The Balaban J connectivity index is 1.18. The topological polar surface area (TPSA) is 157 Å². The number of aliphatic imine (C=N–C) groups is 1. The van der Waals surface area contributed by atoms with Crippen molar-refractivity contribution in [2.75, 3.05) is 24.1 Å². The van der Waals surface area contributed by atoms with Gasteiger partial charge in [0.25, 0.3) is 11.5 Å². The van der Waals surface area contributed by atoms with E-state index < -0.39 is 29.6 Å². The lowest BCUT2D eigenvalue weighted by atomic mass is 9.96. The van der Waals surface area contributed by atoms with Gasteiger partial charge in [-0.3, -0.25) is 28.9 Å². The Morgan fingerprint density at radius 1 is 1.20 bits per heavy atom. The van der Waals surface area contributed by atoms with Gasteiger partial charge in [0.15, 0.2) is 6.17 Å². The van der Waals surface area contributed by atoms with Crippen LogP contribution in [0.2, 0.25) is 0 Å². The molecule has 2 amide bonds. The first-order valence-corrected chi connectivity index (χ1v) is 15.2. The van der Waals surface area contributed by atoms with Gasteiger partial charge in [-0.1, -0.05) is 36.9 Å². The van der Waals surface area contributed by atoms with E-state index in [4.69, 9.17) is 5.73 Å². The molecule has 3 aromatic rings. The minimum Gasteiger partial charge on any atom is -0.384 e. The highest BCUT2D eigenvalue weighted by Crippen LogP contribution is 2.35. The Bertz CT molecular complexity index is 1770. The maximum absolute atomic E-state index is 15.0. The van der Waals surface area contributed by atoms with Crippen LogP contribution in [0.15, 0.2) is 69.2 Å². The van der Waals surface area contributed by atoms with Gasteiger partial charge < -0.3 is 16.4 Å². The van der Waals surface area contributed by atoms with Crippen LogP contribution in [0.4, 0.5) is 15.9 Å². The normalized spacial score (nSPS) is 21.0. The lowest BCUT2D eigenvalue weighted by Gasteiger charge is -2.18. The number of aromatic nitrogens is 4. The van der Waals surface area contributed by atoms with E-state index in [1.54, 1.807) is 30.6 Å². The van der Waals surface area contributed by atoms with Crippen LogP contribution in [0, 0.1) is 5.92 Å². The number of fused-ring (bicyclic) bond motifs is 2. The number of pyridine rings is 2. The fraction of sp³-hybridized carbons (Fsp3) is 0.323. The number of aryl methyl sites for hydroxylation is 1. The maximum Gasteiger partial charge on any atom is 0.278 e. The number of amides is 2. The fourth-order valence-electron chi connectivity index (χ4n) is 5.52. The average Bonchev–Trinajstić information content (AvgIpc) is 3.15. The molecule has 0 saturated carbocycles. The highest BCUT2D eigenvalue weighted by Gasteiger charge is 2.38. The summed E-state index contributed by atoms with van der Waals surface area (Å²) >= 11 is 1.16. The molecule has 0 bridgehead atoms. The molecule has 3 atom stereocenters. The molecule has 11 nitrogen and oxygen atoms in total. The number of anilines is 2. The van der Waals surface area contributed by atoms with Gasteiger partial charge >= 0.3 is 0 Å². The van der Waals surface area contributed by atoms with Crippen molar-refractivity contribution in [2.45, 2.75) is 44.8 Å². The van der Waals surface area contributed by atoms with Crippen molar-refractivity contribution >= 4 is 46.2 Å². The van der Waals surface area contributed by atoms with E-state index in [1.165, 1.54) is 0 Å². The number of nitrogens with one attached hydrogen (secondary N) is 2. The van der Waals surface area contributed by atoms with Crippen molar-refractivity contribution in [3.05, 3.63) is 92.4 Å². The highest BCUT2D eigenvalue weighted by atomic mass is 32.2. The summed E-state index contributed by atoms with van der Waals surface area (Å²) in [5.41, 5.74) is 8.70. The Labute approximate surface area is 257 Å². The minimum absolute atomic E-state index is 0.139. The summed E-state index contributed by atoms with van der Waals surface area (Å²) in [6, 6.07) is 6.19. The number of hydrogen-bond donors (Lipinski definition) is 3. The lowest BCUT2D eigenvalue weighted by Crippen LogP contribution is -2.38. The Hall–Kier alpha value is -4.65. The van der Waals surface area contributed by atoms with Gasteiger partial charge in [0.05, 0.1) is 16.8 Å². The number of carbonyl (C=O) groups excluding carboxylic acids is 2. The summed E-state index contributed by atoms with van der Waals surface area (Å²) in [5.74, 6) is -0.518. The molecule has 0 fully saturated rings. The third-order valence-electron chi connectivity index (χ3n) is 7.96. The van der Waals surface area contributed by atoms with Crippen LogP contribution in [-0.4, -0.2) is 49.5 Å². The highest BCUT2D eigenvalue weighted by molar-refractivity contribution is 8.18.